The van der Waals surface area contributed by atoms with Gasteiger partial charge in [-0.2, -0.15) is 0 Å². The molecule has 0 N–H and O–H groups in total. The summed E-state index contributed by atoms with van der Waals surface area (Å²) >= 11 is 0. The van der Waals surface area contributed by atoms with E-state index in [9.17, 15) is 14.4 Å². The van der Waals surface area contributed by atoms with Gasteiger partial charge in [-0.15, -0.1) is 0 Å². The molecule has 0 aromatic carbocycles. The van der Waals surface area contributed by atoms with Crippen molar-refractivity contribution in [2.75, 3.05) is 0 Å². The second-order valence-electron chi connectivity index (χ2n) is 10.1. The molecule has 0 unspecified atom stereocenters. The minimum absolute atomic E-state index is 0. The van der Waals surface area contributed by atoms with Crippen molar-refractivity contribution in [2.24, 2.45) is 28.6 Å². The maximum atomic E-state index is 12.8. The molecule has 4 nitrogen and oxygen atoms in total. The smallest absolute Gasteiger partial charge is 1.00 e. The van der Waals surface area contributed by atoms with Crippen molar-refractivity contribution < 1.29 is 22.0 Å². The molecular weight excluding hydrogens is 377 g/mol. The fourth-order valence-corrected chi connectivity index (χ4v) is 7.48. The Balaban J connectivity index is 0.00000160. The maximum absolute atomic E-state index is 12.8. The van der Waals surface area contributed by atoms with E-state index in [-0.39, 0.29) is 54.3 Å². The molecule has 0 radical (unpaired) electrons. The van der Waals surface area contributed by atoms with Gasteiger partial charge in [0.05, 0.1) is 0 Å². The monoisotopic (exact) mass is 410 g/mol. The van der Waals surface area contributed by atoms with Crippen LogP contribution in [0.5, 0.6) is 0 Å². The first-order valence-electron chi connectivity index (χ1n) is 10.7. The van der Waals surface area contributed by atoms with Crippen LogP contribution in [0.4, 0.5) is 0 Å². The first-order valence-corrected chi connectivity index (χ1v) is 10.7. The van der Waals surface area contributed by atoms with E-state index in [2.05, 4.69) is 26.8 Å². The molecule has 0 saturated heterocycles. The van der Waals surface area contributed by atoms with Crippen molar-refractivity contribution in [2.45, 2.75) is 78.7 Å². The zero-order valence-corrected chi connectivity index (χ0v) is 19.9. The second kappa shape index (κ2) is 7.33. The summed E-state index contributed by atoms with van der Waals surface area (Å²) in [5, 5.41) is 0. The van der Waals surface area contributed by atoms with Gasteiger partial charge in [-0.3, -0.25) is 14.4 Å². The summed E-state index contributed by atoms with van der Waals surface area (Å²) in [6.07, 6.45) is 9.20. The third-order valence-electron chi connectivity index (χ3n) is 8.84. The Morgan fingerprint density at radius 1 is 1.10 bits per heavy atom. The van der Waals surface area contributed by atoms with Gasteiger partial charge in [0.25, 0.3) is 0 Å². The summed E-state index contributed by atoms with van der Waals surface area (Å²) in [7, 11) is 0. The van der Waals surface area contributed by atoms with Crippen LogP contribution in [0.15, 0.2) is 23.3 Å². The van der Waals surface area contributed by atoms with Crippen LogP contribution in [-0.4, -0.2) is 46.2 Å². The van der Waals surface area contributed by atoms with Gasteiger partial charge in [0.2, 0.25) is 0 Å². The van der Waals surface area contributed by atoms with Gasteiger partial charge in [-0.05, 0) is 80.8 Å². The number of rotatable bonds is 2. The van der Waals surface area contributed by atoms with Crippen molar-refractivity contribution in [3.05, 3.63) is 23.3 Å². The van der Waals surface area contributed by atoms with Crippen LogP contribution in [0.1, 0.15) is 76.0 Å². The number of hydrogen-bond donors (Lipinski definition) is 0. The average Bonchev–Trinajstić information content (AvgIpc) is 2.90. The average molecular weight is 411 g/mol. The first-order chi connectivity index (χ1) is 13.0. The third-order valence-corrected chi connectivity index (χ3v) is 8.84. The molecule has 5 heteroatoms. The predicted molar refractivity (Wildman–Crippen MR) is 114 cm³/mol. The summed E-state index contributed by atoms with van der Waals surface area (Å²) in [4.78, 5) is 36.8. The van der Waals surface area contributed by atoms with Gasteiger partial charge < -0.3 is 7.59 Å². The minimum Gasteiger partial charge on any atom is -1.00 e. The van der Waals surface area contributed by atoms with Crippen LogP contribution in [0.3, 0.4) is 0 Å². The van der Waals surface area contributed by atoms with Crippen LogP contribution >= 0.6 is 0 Å². The molecule has 0 aliphatic heterocycles. The van der Waals surface area contributed by atoms with Crippen LogP contribution in [0, 0.1) is 28.6 Å². The molecule has 2 saturated carbocycles. The standard InChI is InChI=1S/C24H32O4.Mg.2H/c1-14-12-18-19(22(4)9-6-17(27)13-21(14)22)7-10-23(5)20(18)8-11-24(23,15(2)25)28-16(3)26;;;/h12-13,18-20H,6-11H2,1-5H3;;;/q;+2;2*-1/t18-,19+,20+,22-,23+,24+;;;/m1.../s1. The molecule has 6 atom stereocenters. The quantitative estimate of drug-likeness (QED) is 0.499. The van der Waals surface area contributed by atoms with Gasteiger partial charge in [-0.1, -0.05) is 25.5 Å². The second-order valence-corrected chi connectivity index (χ2v) is 10.1. The number of ketones is 2. The Morgan fingerprint density at radius 2 is 1.76 bits per heavy atom. The van der Waals surface area contributed by atoms with E-state index in [1.807, 2.05) is 6.08 Å². The molecule has 4 aliphatic rings. The number of ether oxygens (including phenoxy) is 1. The Bertz CT molecular complexity index is 837. The Hall–Kier alpha value is -0.944. The van der Waals surface area contributed by atoms with Crippen molar-refractivity contribution in [1.29, 1.82) is 0 Å². The Morgan fingerprint density at radius 3 is 2.38 bits per heavy atom. The zero-order chi connectivity index (χ0) is 20.5. The molecule has 0 amide bonds. The van der Waals surface area contributed by atoms with Crippen molar-refractivity contribution >= 4 is 40.6 Å². The van der Waals surface area contributed by atoms with Gasteiger partial charge in [0.1, 0.15) is 0 Å². The summed E-state index contributed by atoms with van der Waals surface area (Å²) in [5.41, 5.74) is 1.15. The fraction of sp³-hybridized carbons (Fsp3) is 0.708. The summed E-state index contributed by atoms with van der Waals surface area (Å²) in [6.45, 7) is 9.63. The van der Waals surface area contributed by atoms with E-state index < -0.39 is 5.60 Å². The maximum Gasteiger partial charge on any atom is 2.00 e. The Labute approximate surface area is 193 Å². The van der Waals surface area contributed by atoms with E-state index in [0.29, 0.717) is 30.6 Å². The SMILES string of the molecule is CC(=O)O[C@]1(C(C)=O)CC[C@H]2[C@@H]3C=C(C)C4=CC(=O)CC[C@]4(C)[C@H]3CC[C@@]21C.[H-].[H-].[Mg+2]. The predicted octanol–water partition coefficient (Wildman–Crippen LogP) is 4.42. The molecule has 29 heavy (non-hydrogen) atoms. The van der Waals surface area contributed by atoms with E-state index in [1.54, 1.807) is 6.92 Å². The number of carbonyl (C=O) groups is 3. The number of fused-ring (bicyclic) bond motifs is 5. The van der Waals surface area contributed by atoms with Gasteiger partial charge >= 0.3 is 29.0 Å². The first kappa shape index (κ1) is 22.7. The van der Waals surface area contributed by atoms with Crippen molar-refractivity contribution in [1.82, 2.24) is 0 Å². The molecule has 2 fully saturated rings. The van der Waals surface area contributed by atoms with E-state index in [4.69, 9.17) is 4.74 Å². The van der Waals surface area contributed by atoms with Gasteiger partial charge in [0, 0.05) is 18.8 Å². The fourth-order valence-electron chi connectivity index (χ4n) is 7.48. The largest absolute Gasteiger partial charge is 2.00 e. The molecular formula is C24H34MgO4. The van der Waals surface area contributed by atoms with Gasteiger partial charge in [-0.25, -0.2) is 0 Å². The van der Waals surface area contributed by atoms with Crippen molar-refractivity contribution in [3.63, 3.8) is 0 Å². The number of Topliss-reactive ketones (excluding diaryl/α,β-unsaturated/α-hetero) is 1. The van der Waals surface area contributed by atoms with E-state index >= 15 is 0 Å². The number of esters is 1. The zero-order valence-electron chi connectivity index (χ0n) is 20.5. The molecule has 156 valence electrons. The molecule has 0 spiro atoms. The van der Waals surface area contributed by atoms with Crippen LogP contribution in [0.25, 0.3) is 0 Å². The summed E-state index contributed by atoms with van der Waals surface area (Å²) in [5.74, 6) is 1.03. The Kier molecular flexibility index (Phi) is 5.75. The molecule has 0 heterocycles. The number of allylic oxidation sites excluding steroid dienone is 4. The summed E-state index contributed by atoms with van der Waals surface area (Å²) < 4.78 is 5.82. The van der Waals surface area contributed by atoms with Gasteiger partial charge in [0.15, 0.2) is 17.2 Å². The topological polar surface area (TPSA) is 60.4 Å². The molecule has 4 rings (SSSR count). The van der Waals surface area contributed by atoms with E-state index in [1.165, 1.54) is 18.1 Å². The molecule has 0 bridgehead atoms. The van der Waals surface area contributed by atoms with Crippen LogP contribution in [0.2, 0.25) is 0 Å². The van der Waals surface area contributed by atoms with Crippen molar-refractivity contribution in [3.8, 4) is 0 Å². The van der Waals surface area contributed by atoms with E-state index in [0.717, 1.165) is 25.7 Å². The molecule has 0 aromatic rings. The third kappa shape index (κ3) is 3.02. The molecule has 0 aromatic heterocycles. The minimum atomic E-state index is -0.990. The number of carbonyl (C=O) groups excluding carboxylic acids is 3. The van der Waals surface area contributed by atoms with Crippen LogP contribution < -0.4 is 0 Å². The normalized spacial score (nSPS) is 43.1. The summed E-state index contributed by atoms with van der Waals surface area (Å²) in [6, 6.07) is 0. The van der Waals surface area contributed by atoms with Crippen LogP contribution in [-0.2, 0) is 19.1 Å². The number of hydrogen-bond acceptors (Lipinski definition) is 4. The molecule has 4 aliphatic carbocycles.